The van der Waals surface area contributed by atoms with E-state index in [0.717, 1.165) is 24.8 Å². The van der Waals surface area contributed by atoms with Crippen molar-refractivity contribution in [3.63, 3.8) is 0 Å². The summed E-state index contributed by atoms with van der Waals surface area (Å²) in [5.74, 6) is 1.27. The number of aromatic nitrogens is 4. The van der Waals surface area contributed by atoms with Crippen LogP contribution in [-0.2, 0) is 73.3 Å². The second-order valence-corrected chi connectivity index (χ2v) is 22.0. The fourth-order valence-corrected chi connectivity index (χ4v) is 10.2. The van der Waals surface area contributed by atoms with Crippen molar-refractivity contribution >= 4 is 56.2 Å². The summed E-state index contributed by atoms with van der Waals surface area (Å²) in [5.41, 5.74) is 1.64. The largest absolute Gasteiger partial charge is 0.458 e. The predicted octanol–water partition coefficient (Wildman–Crippen LogP) is 1.61. The van der Waals surface area contributed by atoms with Gasteiger partial charge >= 0.3 is 5.97 Å². The van der Waals surface area contributed by atoms with Gasteiger partial charge in [-0.15, -0.1) is 0 Å². The molecule has 2 unspecified atom stereocenters. The van der Waals surface area contributed by atoms with Gasteiger partial charge in [0.1, 0.15) is 37.8 Å². The standard InChI is InChI=1S/C53H65FN10O12S/c1-8-53(72)35-20-40-47-33(25-64(40)50(70)34(35)26-76-51(53)71)45-37(18-17-32-30(4)36(54)21-39(60-47)44(32)45)59-43(67)27-75-28-58-42(66)24-55-48(68)38(15-12-13-19-63(5)6)61-49(69)46(29(2)3)62-41(65)16-11-9-10-14-31-22-56-52(57-23-31)77(7,73)74/h20-23,29,37-38,46,72H,8-9,11-13,15-19,24-28H2,1-7H3,(H,55,68)(H,58,66)(H,59,67)(H,61,69)(H,62,65)/t37-,38?,46?,53-/m0/s1. The highest BCUT2D eigenvalue weighted by Gasteiger charge is 2.46. The molecule has 1 aromatic carbocycles. The lowest BCUT2D eigenvalue weighted by Gasteiger charge is -2.31. The number of esters is 1. The van der Waals surface area contributed by atoms with Crippen molar-refractivity contribution in [3.05, 3.63) is 79.6 Å². The highest BCUT2D eigenvalue weighted by atomic mass is 32.2. The summed E-state index contributed by atoms with van der Waals surface area (Å²) in [4.78, 5) is 108. The third-order valence-electron chi connectivity index (χ3n) is 13.9. The van der Waals surface area contributed by atoms with Crippen LogP contribution in [0.5, 0.6) is 0 Å². The average Bonchev–Trinajstić information content (AvgIpc) is 3.92. The third kappa shape index (κ3) is 13.1. The number of aryl methyl sites for hydroxylation is 1. The number of ether oxygens (including phenoxy) is 2. The molecule has 1 aliphatic carbocycles. The molecule has 4 aromatic rings. The van der Waals surface area contributed by atoms with Crippen LogP contribution in [0.25, 0.3) is 22.3 Å². The maximum absolute atomic E-state index is 15.4. The van der Waals surface area contributed by atoms with E-state index in [0.29, 0.717) is 76.6 Å². The molecule has 0 saturated heterocycles. The molecule has 0 radical (unpaired) electrons. The minimum atomic E-state index is -3.55. The van der Waals surface area contributed by atoms with Crippen LogP contribution in [0.1, 0.15) is 117 Å². The van der Waals surface area contributed by atoms with Crippen LogP contribution in [0.3, 0.4) is 0 Å². The van der Waals surface area contributed by atoms with Crippen LogP contribution < -0.4 is 32.1 Å². The van der Waals surface area contributed by atoms with Crippen molar-refractivity contribution in [2.75, 3.05) is 46.8 Å². The number of benzene rings is 1. The van der Waals surface area contributed by atoms with E-state index >= 15 is 4.39 Å². The number of carbonyl (C=O) groups excluding carboxylic acids is 6. The van der Waals surface area contributed by atoms with Crippen molar-refractivity contribution in [2.45, 2.75) is 128 Å². The highest BCUT2D eigenvalue weighted by Crippen LogP contribution is 2.46. The number of halogens is 1. The van der Waals surface area contributed by atoms with E-state index < -0.39 is 100 Å². The Labute approximate surface area is 445 Å². The molecule has 0 spiro atoms. The fraction of sp³-hybridized carbons (Fsp3) is 0.509. The topological polar surface area (TPSA) is 299 Å². The number of carbonyl (C=O) groups is 6. The lowest BCUT2D eigenvalue weighted by atomic mass is 9.81. The van der Waals surface area contributed by atoms with E-state index in [2.05, 4.69) is 48.4 Å². The Hall–Kier alpha value is -7.20. The van der Waals surface area contributed by atoms with Crippen LogP contribution in [0.4, 0.5) is 4.39 Å². The number of cyclic esters (lactones) is 1. The van der Waals surface area contributed by atoms with Gasteiger partial charge in [-0.1, -0.05) is 32.6 Å². The molecule has 3 aromatic heterocycles. The lowest BCUT2D eigenvalue weighted by Crippen LogP contribution is -2.56. The molecule has 0 fully saturated rings. The van der Waals surface area contributed by atoms with Gasteiger partial charge in [0, 0.05) is 54.1 Å². The van der Waals surface area contributed by atoms with Crippen LogP contribution in [0.2, 0.25) is 0 Å². The highest BCUT2D eigenvalue weighted by molar-refractivity contribution is 7.90. The first kappa shape index (κ1) is 57.5. The molecule has 0 saturated carbocycles. The van der Waals surface area contributed by atoms with E-state index in [1.807, 2.05) is 19.0 Å². The summed E-state index contributed by atoms with van der Waals surface area (Å²) in [6, 6.07) is 0.247. The minimum Gasteiger partial charge on any atom is -0.458 e. The van der Waals surface area contributed by atoms with E-state index in [1.54, 1.807) is 33.8 Å². The number of hydrogen-bond acceptors (Lipinski definition) is 16. The van der Waals surface area contributed by atoms with E-state index in [9.17, 15) is 47.1 Å². The number of aliphatic hydroxyl groups is 1. The predicted molar refractivity (Wildman–Crippen MR) is 277 cm³/mol. The number of fused-ring (bicyclic) bond motifs is 5. The molecule has 5 heterocycles. The smallest absolute Gasteiger partial charge is 0.343 e. The Morgan fingerprint density at radius 2 is 1.74 bits per heavy atom. The van der Waals surface area contributed by atoms with Crippen molar-refractivity contribution in [2.24, 2.45) is 5.92 Å². The van der Waals surface area contributed by atoms with Crippen molar-refractivity contribution < 1.29 is 56.2 Å². The number of rotatable bonds is 22. The van der Waals surface area contributed by atoms with Crippen molar-refractivity contribution in [1.29, 1.82) is 0 Å². The van der Waals surface area contributed by atoms with Crippen molar-refractivity contribution in [3.8, 4) is 23.2 Å². The molecule has 6 N–H and O–H groups in total. The van der Waals surface area contributed by atoms with Gasteiger partial charge in [-0.2, -0.15) is 0 Å². The first-order valence-corrected chi connectivity index (χ1v) is 27.4. The first-order chi connectivity index (χ1) is 36.5. The van der Waals surface area contributed by atoms with E-state index in [1.165, 1.54) is 23.0 Å². The van der Waals surface area contributed by atoms with Crippen LogP contribution >= 0.6 is 0 Å². The molecule has 0 bridgehead atoms. The van der Waals surface area contributed by atoms with Crippen LogP contribution in [0.15, 0.2) is 34.5 Å². The second kappa shape index (κ2) is 24.4. The van der Waals surface area contributed by atoms with Gasteiger partial charge in [-0.25, -0.2) is 32.6 Å². The molecule has 2 aliphatic heterocycles. The van der Waals surface area contributed by atoms with Gasteiger partial charge in [-0.05, 0) is 101 Å². The number of hydrogen-bond donors (Lipinski definition) is 6. The number of pyridine rings is 2. The summed E-state index contributed by atoms with van der Waals surface area (Å²) in [6.45, 7) is 5.91. The number of nitrogens with zero attached hydrogens (tertiary/aromatic N) is 5. The van der Waals surface area contributed by atoms with E-state index in [-0.39, 0.29) is 54.6 Å². The van der Waals surface area contributed by atoms with Gasteiger partial charge in [0.25, 0.3) is 5.56 Å². The minimum absolute atomic E-state index is 0.0455. The summed E-state index contributed by atoms with van der Waals surface area (Å²) in [7, 11) is 0.279. The van der Waals surface area contributed by atoms with E-state index in [4.69, 9.17) is 14.5 Å². The SMILES string of the molecule is CC[C@@]1(O)C(=O)OCc2c1cc1n(c2=O)Cc2c-1nc1cc(F)c(C)c3c1c2[C@@H](NC(=O)COCNC(=O)CNC(=O)C(CCCCN(C)C)NC(=O)C(NC(=O)CCCC#Cc1cnc(S(C)(=O)=O)nc1)C(C)C)CC3. The van der Waals surface area contributed by atoms with Gasteiger partial charge in [0.05, 0.1) is 47.2 Å². The maximum atomic E-state index is 15.4. The zero-order valence-corrected chi connectivity index (χ0v) is 45.0. The fourth-order valence-electron chi connectivity index (χ4n) is 9.72. The molecule has 22 nitrogen and oxygen atoms in total. The Bertz CT molecular complexity index is 3230. The maximum Gasteiger partial charge on any atom is 0.343 e. The molecule has 77 heavy (non-hydrogen) atoms. The summed E-state index contributed by atoms with van der Waals surface area (Å²) >= 11 is 0. The quantitative estimate of drug-likeness (QED) is 0.0189. The normalized spacial score (nSPS) is 17.0. The average molecular weight is 1090 g/mol. The molecular weight excluding hydrogens is 1020 g/mol. The van der Waals surface area contributed by atoms with Gasteiger partial charge < -0.3 is 50.6 Å². The molecular formula is C53H65FN10O12S. The Balaban J connectivity index is 0.922. The Morgan fingerprint density at radius 3 is 2.43 bits per heavy atom. The summed E-state index contributed by atoms with van der Waals surface area (Å²) in [5, 5.41) is 25.3. The Kier molecular flexibility index (Phi) is 18.2. The number of sulfone groups is 1. The molecule has 4 atom stereocenters. The van der Waals surface area contributed by atoms with Crippen molar-refractivity contribution in [1.82, 2.24) is 51.0 Å². The zero-order chi connectivity index (χ0) is 55.9. The molecule has 412 valence electrons. The number of unbranched alkanes of at least 4 members (excludes halogenated alkanes) is 2. The second-order valence-electron chi connectivity index (χ2n) is 20.1. The zero-order valence-electron chi connectivity index (χ0n) is 44.2. The van der Waals surface area contributed by atoms with Crippen LogP contribution in [0, 0.1) is 30.5 Å². The van der Waals surface area contributed by atoms with Gasteiger partial charge in [0.2, 0.25) is 44.5 Å². The molecule has 5 amide bonds. The third-order valence-corrected chi connectivity index (χ3v) is 14.8. The molecule has 3 aliphatic rings. The first-order valence-electron chi connectivity index (χ1n) is 25.5. The monoisotopic (exact) mass is 1080 g/mol. The van der Waals surface area contributed by atoms with Crippen LogP contribution in [-0.4, -0.2) is 132 Å². The summed E-state index contributed by atoms with van der Waals surface area (Å²) in [6.07, 6.45) is 6.60. The number of amides is 5. The molecule has 7 rings (SSSR count). The number of nitrogens with one attached hydrogen (secondary N) is 5. The lowest BCUT2D eigenvalue weighted by molar-refractivity contribution is -0.172. The molecule has 24 heteroatoms. The Morgan fingerprint density at radius 1 is 1.00 bits per heavy atom. The van der Waals surface area contributed by atoms with Gasteiger partial charge in [0.15, 0.2) is 5.60 Å². The summed E-state index contributed by atoms with van der Waals surface area (Å²) < 4.78 is 50.8. The van der Waals surface area contributed by atoms with Gasteiger partial charge in [-0.3, -0.25) is 28.8 Å².